The fraction of sp³-hybridized carbons (Fsp3) is 0. The molecule has 0 fully saturated rings. The van der Waals surface area contributed by atoms with Crippen molar-refractivity contribution in [1.29, 1.82) is 0 Å². The molecule has 0 aliphatic carbocycles. The molecule has 0 unspecified atom stereocenters. The number of aromatic hydroxyl groups is 1. The minimum atomic E-state index is -1.61. The van der Waals surface area contributed by atoms with Crippen molar-refractivity contribution in [2.24, 2.45) is 0 Å². The second kappa shape index (κ2) is 7.48. The minimum absolute atomic E-state index is 0.0248. The Hall–Kier alpha value is -5.07. The predicted molar refractivity (Wildman–Crippen MR) is 114 cm³/mol. The van der Waals surface area contributed by atoms with E-state index in [1.165, 1.54) is 0 Å². The van der Waals surface area contributed by atoms with Gasteiger partial charge in [0, 0.05) is 24.4 Å². The Morgan fingerprint density at radius 1 is 1.09 bits per heavy atom. The van der Waals surface area contributed by atoms with Crippen LogP contribution in [0.2, 0.25) is 0 Å². The number of ether oxygens (including phenoxy) is 1. The molecule has 0 bridgehead atoms. The molecular weight excluding hydrogens is 475 g/mol. The van der Waals surface area contributed by atoms with Gasteiger partial charge in [-0.1, -0.05) is 0 Å². The summed E-state index contributed by atoms with van der Waals surface area (Å²) in [4.78, 5) is 34.1. The number of nitrogens with one attached hydrogen (secondary N) is 1. The van der Waals surface area contributed by atoms with Gasteiger partial charge in [-0.25, -0.2) is 13.6 Å². The van der Waals surface area contributed by atoms with E-state index in [1.54, 1.807) is 0 Å². The summed E-state index contributed by atoms with van der Waals surface area (Å²) in [5.41, 5.74) is -3.01. The summed E-state index contributed by atoms with van der Waals surface area (Å²) >= 11 is 0. The summed E-state index contributed by atoms with van der Waals surface area (Å²) in [6, 6.07) is 5.47. The van der Waals surface area contributed by atoms with Crippen molar-refractivity contribution < 1.29 is 37.8 Å². The van der Waals surface area contributed by atoms with Gasteiger partial charge in [-0.3, -0.25) is 14.9 Å². The molecule has 10 nitrogen and oxygen atoms in total. The summed E-state index contributed by atoms with van der Waals surface area (Å²) in [5.74, 6) is -6.92. The highest BCUT2D eigenvalue weighted by Gasteiger charge is 2.29. The Morgan fingerprint density at radius 2 is 1.83 bits per heavy atom. The van der Waals surface area contributed by atoms with Crippen LogP contribution in [0.4, 0.5) is 30.2 Å². The van der Waals surface area contributed by atoms with Gasteiger partial charge < -0.3 is 24.8 Å². The van der Waals surface area contributed by atoms with Gasteiger partial charge in [0.1, 0.15) is 16.8 Å². The molecule has 1 aromatic heterocycles. The third-order valence-corrected chi connectivity index (χ3v) is 5.35. The van der Waals surface area contributed by atoms with Gasteiger partial charge >= 0.3 is 5.97 Å². The van der Waals surface area contributed by atoms with E-state index in [2.05, 4.69) is 5.32 Å². The van der Waals surface area contributed by atoms with Crippen molar-refractivity contribution in [3.05, 3.63) is 85.9 Å². The highest BCUT2D eigenvalue weighted by molar-refractivity contribution is 5.96. The number of aromatic nitrogens is 1. The van der Waals surface area contributed by atoms with Crippen molar-refractivity contribution in [2.45, 2.75) is 0 Å². The van der Waals surface area contributed by atoms with Crippen LogP contribution in [0, 0.1) is 27.6 Å². The zero-order valence-electron chi connectivity index (χ0n) is 17.0. The lowest BCUT2D eigenvalue weighted by molar-refractivity contribution is -0.385. The number of fused-ring (bicyclic) bond motifs is 2. The molecule has 35 heavy (non-hydrogen) atoms. The Bertz CT molecular complexity index is 1680. The van der Waals surface area contributed by atoms with E-state index in [9.17, 15) is 43.1 Å². The fourth-order valence-electron chi connectivity index (χ4n) is 3.74. The van der Waals surface area contributed by atoms with Crippen molar-refractivity contribution >= 4 is 33.9 Å². The maximum atomic E-state index is 14.6. The van der Waals surface area contributed by atoms with Gasteiger partial charge in [0.15, 0.2) is 23.1 Å². The van der Waals surface area contributed by atoms with Crippen molar-refractivity contribution in [1.82, 2.24) is 4.57 Å². The molecule has 2 heterocycles. The van der Waals surface area contributed by atoms with E-state index < -0.39 is 61.9 Å². The lowest BCUT2D eigenvalue weighted by Crippen LogP contribution is -2.21. The molecule has 0 radical (unpaired) electrons. The molecule has 1 aliphatic heterocycles. The number of pyridine rings is 1. The number of benzene rings is 3. The number of non-ortho nitro benzene ring substituents is 1. The van der Waals surface area contributed by atoms with Crippen LogP contribution in [0.25, 0.3) is 16.6 Å². The number of nitro groups is 1. The van der Waals surface area contributed by atoms with E-state index in [1.807, 2.05) is 0 Å². The van der Waals surface area contributed by atoms with Crippen LogP contribution in [0.1, 0.15) is 10.4 Å². The molecule has 13 heteroatoms. The number of hydrogen-bond donors (Lipinski definition) is 3. The zero-order chi connectivity index (χ0) is 25.2. The van der Waals surface area contributed by atoms with Crippen LogP contribution >= 0.6 is 0 Å². The normalized spacial score (nSPS) is 11.6. The number of aromatic carboxylic acids is 1. The number of carboxylic acid groups (broad SMARTS) is 1. The van der Waals surface area contributed by atoms with Crippen molar-refractivity contribution in [2.75, 3.05) is 5.32 Å². The average molecular weight is 485 g/mol. The number of anilines is 2. The van der Waals surface area contributed by atoms with E-state index in [0.717, 1.165) is 35.0 Å². The molecule has 0 spiro atoms. The van der Waals surface area contributed by atoms with Gasteiger partial charge in [-0.05, 0) is 12.1 Å². The molecule has 3 N–H and O–H groups in total. The molecule has 0 saturated heterocycles. The summed E-state index contributed by atoms with van der Waals surface area (Å²) in [6.07, 6.45) is 0.887. The number of nitrogens with zero attached hydrogens (tertiary/aromatic N) is 2. The number of nitro benzene ring substituents is 1. The first-order chi connectivity index (χ1) is 16.6. The van der Waals surface area contributed by atoms with Crippen LogP contribution in [-0.2, 0) is 0 Å². The fourth-order valence-corrected chi connectivity index (χ4v) is 3.74. The number of hydrogen-bond acceptors (Lipinski definition) is 7. The quantitative estimate of drug-likeness (QED) is 0.191. The third-order valence-electron chi connectivity index (χ3n) is 5.35. The highest BCUT2D eigenvalue weighted by Crippen LogP contribution is 2.45. The lowest BCUT2D eigenvalue weighted by Gasteiger charge is -2.25. The van der Waals surface area contributed by atoms with E-state index in [0.29, 0.717) is 12.1 Å². The number of carboxylic acids is 1. The van der Waals surface area contributed by atoms with Crippen LogP contribution in [0.5, 0.6) is 17.2 Å². The zero-order valence-corrected chi connectivity index (χ0v) is 17.0. The maximum absolute atomic E-state index is 14.6. The lowest BCUT2D eigenvalue weighted by atomic mass is 10.1. The van der Waals surface area contributed by atoms with E-state index in [4.69, 9.17) is 4.74 Å². The van der Waals surface area contributed by atoms with E-state index in [-0.39, 0.29) is 28.3 Å². The molecule has 0 saturated carbocycles. The summed E-state index contributed by atoms with van der Waals surface area (Å²) in [5, 5.41) is 32.8. The first kappa shape index (κ1) is 21.8. The number of carbonyl (C=O) groups is 1. The number of halogens is 3. The van der Waals surface area contributed by atoms with Gasteiger partial charge in [0.25, 0.3) is 5.69 Å². The van der Waals surface area contributed by atoms with Gasteiger partial charge in [0.2, 0.25) is 11.2 Å². The van der Waals surface area contributed by atoms with Gasteiger partial charge in [-0.2, -0.15) is 4.39 Å². The van der Waals surface area contributed by atoms with Crippen LogP contribution in [0.3, 0.4) is 0 Å². The second-order valence-electron chi connectivity index (χ2n) is 7.43. The Labute approximate surface area is 191 Å². The summed E-state index contributed by atoms with van der Waals surface area (Å²) < 4.78 is 49.7. The van der Waals surface area contributed by atoms with Crippen LogP contribution in [0.15, 0.2) is 47.4 Å². The molecule has 3 aromatic carbocycles. The Morgan fingerprint density at radius 3 is 2.49 bits per heavy atom. The monoisotopic (exact) mass is 485 g/mol. The molecule has 4 aromatic rings. The largest absolute Gasteiger partial charge is 0.506 e. The average Bonchev–Trinajstić information content (AvgIpc) is 2.80. The topological polar surface area (TPSA) is 144 Å². The highest BCUT2D eigenvalue weighted by atomic mass is 19.2. The molecule has 1 aliphatic rings. The van der Waals surface area contributed by atoms with Crippen LogP contribution < -0.4 is 15.5 Å². The standard InChI is InChI=1S/C22H10F3N3O7/c23-11-3-8(28(33)34)1-2-13(11)26-14-5-17-15(6-16(14)29)27-7-10(22(31)32)20(30)9-4-12(24)18(25)21(35-17)19(9)27/h1-7,26,29H,(H,31,32). The number of phenols is 1. The third kappa shape index (κ3) is 3.28. The van der Waals surface area contributed by atoms with Crippen molar-refractivity contribution in [3.8, 4) is 22.9 Å². The molecular formula is C22H10F3N3O7. The maximum Gasteiger partial charge on any atom is 0.341 e. The van der Waals surface area contributed by atoms with Gasteiger partial charge in [-0.15, -0.1) is 0 Å². The van der Waals surface area contributed by atoms with E-state index >= 15 is 0 Å². The van der Waals surface area contributed by atoms with Gasteiger partial charge in [0.05, 0.1) is 33.4 Å². The Kier molecular flexibility index (Phi) is 4.65. The molecule has 5 rings (SSSR count). The SMILES string of the molecule is O=C(O)c1cn2c3c(c(F)c(F)cc3c1=O)Oc1cc(Nc3ccc([N+](=O)[O-])cc3F)c(O)cc1-2. The smallest absolute Gasteiger partial charge is 0.341 e. The number of rotatable bonds is 4. The predicted octanol–water partition coefficient (Wildman–Crippen LogP) is 4.57. The van der Waals surface area contributed by atoms with Crippen molar-refractivity contribution in [3.63, 3.8) is 0 Å². The first-order valence-corrected chi connectivity index (χ1v) is 9.63. The first-order valence-electron chi connectivity index (χ1n) is 9.63. The summed E-state index contributed by atoms with van der Waals surface area (Å²) in [6.45, 7) is 0. The molecule has 176 valence electrons. The minimum Gasteiger partial charge on any atom is -0.506 e. The molecule has 0 atom stereocenters. The molecule has 0 amide bonds. The van der Waals surface area contributed by atoms with Crippen LogP contribution in [-0.4, -0.2) is 25.7 Å². The Balaban J connectivity index is 1.70. The second-order valence-corrected chi connectivity index (χ2v) is 7.43. The number of phenolic OH excluding ortho intramolecular Hbond substituents is 1. The summed E-state index contributed by atoms with van der Waals surface area (Å²) in [7, 11) is 0.